The molecule has 0 fully saturated rings. The Morgan fingerprint density at radius 2 is 1.77 bits per heavy atom. The average Bonchev–Trinajstić information content (AvgIpc) is 3.27. The van der Waals surface area contributed by atoms with Gasteiger partial charge in [-0.3, -0.25) is 9.36 Å². The van der Waals surface area contributed by atoms with Crippen LogP contribution in [0.3, 0.4) is 0 Å². The van der Waals surface area contributed by atoms with Crippen molar-refractivity contribution in [1.82, 2.24) is 4.57 Å². The molecule has 2 heterocycles. The molecule has 1 aromatic heterocycles. The number of benzene rings is 3. The summed E-state index contributed by atoms with van der Waals surface area (Å²) in [6.07, 6.45) is -3.53. The van der Waals surface area contributed by atoms with Crippen LogP contribution < -0.4 is 19.6 Å². The van der Waals surface area contributed by atoms with E-state index >= 15 is 0 Å². The Morgan fingerprint density at radius 1 is 1.11 bits per heavy atom. The second kappa shape index (κ2) is 13.0. The predicted octanol–water partition coefficient (Wildman–Crippen LogP) is 7.24. The fourth-order valence-corrected chi connectivity index (χ4v) is 7.10. The van der Waals surface area contributed by atoms with Crippen LogP contribution in [0.2, 0.25) is 5.02 Å². The number of ether oxygens (including phenoxy) is 2. The van der Waals surface area contributed by atoms with Gasteiger partial charge in [0.1, 0.15) is 18.2 Å². The molecule has 1 aliphatic rings. The maximum atomic E-state index is 14.3. The summed E-state index contributed by atoms with van der Waals surface area (Å²) in [6.45, 7) is 1.23. The number of halogens is 7. The fraction of sp³-hybridized carbons (Fsp3) is 0.167. The molecule has 0 saturated carbocycles. The van der Waals surface area contributed by atoms with E-state index < -0.39 is 40.8 Å². The molecule has 228 valence electrons. The molecule has 0 saturated heterocycles. The first-order chi connectivity index (χ1) is 20.9. The summed E-state index contributed by atoms with van der Waals surface area (Å²) in [4.78, 5) is 30.3. The number of aromatic nitrogens is 1. The lowest BCUT2D eigenvalue weighted by Crippen LogP contribution is -2.41. The SMILES string of the molecule is CCOC(=O)C1=C(C(F)(F)F)N=c2s/c(=C\c3cc(Br)c(OCc4ccccc4F)c(Br)c3)c(=O)n2[C@H]1c1ccc(Cl)cc1. The highest BCUT2D eigenvalue weighted by atomic mass is 79.9. The predicted molar refractivity (Wildman–Crippen MR) is 165 cm³/mol. The minimum absolute atomic E-state index is 0.0448. The summed E-state index contributed by atoms with van der Waals surface area (Å²) in [6, 6.07) is 13.8. The lowest BCUT2D eigenvalue weighted by Gasteiger charge is -2.26. The highest BCUT2D eigenvalue weighted by Crippen LogP contribution is 2.39. The third-order valence-electron chi connectivity index (χ3n) is 6.43. The molecule has 0 bridgehead atoms. The molecular formula is C30H19Br2ClF4N2O4S. The van der Waals surface area contributed by atoms with Crippen LogP contribution in [-0.4, -0.2) is 23.3 Å². The van der Waals surface area contributed by atoms with E-state index in [-0.39, 0.29) is 28.1 Å². The van der Waals surface area contributed by atoms with E-state index in [1.54, 1.807) is 30.3 Å². The molecule has 4 aromatic rings. The zero-order valence-corrected chi connectivity index (χ0v) is 27.2. The van der Waals surface area contributed by atoms with Gasteiger partial charge in [0.25, 0.3) is 5.56 Å². The smallest absolute Gasteiger partial charge is 0.434 e. The molecule has 5 rings (SSSR count). The van der Waals surface area contributed by atoms with Crippen LogP contribution in [0, 0.1) is 5.82 Å². The minimum Gasteiger partial charge on any atom is -0.486 e. The molecule has 0 spiro atoms. The van der Waals surface area contributed by atoms with E-state index in [1.807, 2.05) is 0 Å². The van der Waals surface area contributed by atoms with Gasteiger partial charge in [-0.1, -0.05) is 53.3 Å². The largest absolute Gasteiger partial charge is 0.486 e. The molecule has 3 aromatic carbocycles. The van der Waals surface area contributed by atoms with Gasteiger partial charge in [-0.15, -0.1) is 0 Å². The average molecular weight is 775 g/mol. The van der Waals surface area contributed by atoms with Crippen LogP contribution in [0.15, 0.2) is 90.7 Å². The Bertz CT molecular complexity index is 1950. The van der Waals surface area contributed by atoms with Crippen molar-refractivity contribution in [1.29, 1.82) is 0 Å². The van der Waals surface area contributed by atoms with Crippen LogP contribution in [0.4, 0.5) is 17.6 Å². The number of allylic oxidation sites excluding steroid dienone is 1. The summed E-state index contributed by atoms with van der Waals surface area (Å²) >= 11 is 13.6. The van der Waals surface area contributed by atoms with Crippen LogP contribution >= 0.6 is 54.8 Å². The van der Waals surface area contributed by atoms with Gasteiger partial charge in [0.15, 0.2) is 10.5 Å². The van der Waals surface area contributed by atoms with Crippen LogP contribution in [0.1, 0.15) is 29.7 Å². The molecule has 1 aliphatic heterocycles. The van der Waals surface area contributed by atoms with E-state index in [2.05, 4.69) is 36.9 Å². The van der Waals surface area contributed by atoms with Crippen molar-refractivity contribution in [2.75, 3.05) is 6.61 Å². The number of hydrogen-bond donors (Lipinski definition) is 0. The number of carbonyl (C=O) groups excluding carboxylic acids is 1. The highest BCUT2D eigenvalue weighted by molar-refractivity contribution is 9.11. The first-order valence-electron chi connectivity index (χ1n) is 12.8. The van der Waals surface area contributed by atoms with Crippen molar-refractivity contribution in [3.63, 3.8) is 0 Å². The normalized spacial score (nSPS) is 15.2. The third-order valence-corrected chi connectivity index (χ3v) is 8.84. The minimum atomic E-state index is -5.02. The van der Waals surface area contributed by atoms with Gasteiger partial charge in [-0.25, -0.2) is 14.2 Å². The number of alkyl halides is 3. The molecule has 0 aliphatic carbocycles. The quantitative estimate of drug-likeness (QED) is 0.147. The molecule has 0 amide bonds. The topological polar surface area (TPSA) is 69.9 Å². The van der Waals surface area contributed by atoms with Crippen molar-refractivity contribution in [2.24, 2.45) is 4.99 Å². The number of hydrogen-bond acceptors (Lipinski definition) is 6. The Balaban J connectivity index is 1.63. The summed E-state index contributed by atoms with van der Waals surface area (Å²) in [5, 5.41) is 0.316. The van der Waals surface area contributed by atoms with E-state index in [9.17, 15) is 27.2 Å². The monoisotopic (exact) mass is 772 g/mol. The van der Waals surface area contributed by atoms with E-state index in [4.69, 9.17) is 21.1 Å². The maximum Gasteiger partial charge on any atom is 0.434 e. The van der Waals surface area contributed by atoms with Crippen LogP contribution in [0.25, 0.3) is 6.08 Å². The van der Waals surface area contributed by atoms with Gasteiger partial charge < -0.3 is 9.47 Å². The first-order valence-corrected chi connectivity index (χ1v) is 15.6. The molecule has 0 radical (unpaired) electrons. The van der Waals surface area contributed by atoms with Gasteiger partial charge in [-0.2, -0.15) is 13.2 Å². The lowest BCUT2D eigenvalue weighted by molar-refractivity contribution is -0.140. The highest BCUT2D eigenvalue weighted by Gasteiger charge is 2.45. The van der Waals surface area contributed by atoms with E-state index in [1.165, 1.54) is 43.3 Å². The number of rotatable bonds is 7. The number of thiazole rings is 1. The molecule has 1 atom stereocenters. The van der Waals surface area contributed by atoms with Crippen molar-refractivity contribution >= 4 is 66.8 Å². The van der Waals surface area contributed by atoms with Crippen molar-refractivity contribution < 1.29 is 31.8 Å². The standard InChI is InChI=1S/C30H19Br2ClF4N2O4S/c1-2-42-28(41)23-24(16-7-9-18(33)10-8-16)39-27(40)22(44-29(39)38-26(23)30(35,36)37)13-15-11-19(31)25(20(32)12-15)43-14-17-5-3-4-6-21(17)34/h3-13,24H,2,14H2,1H3/b22-13-/t24-/m0/s1. The molecule has 6 nitrogen and oxygen atoms in total. The van der Waals surface area contributed by atoms with Gasteiger partial charge in [0.05, 0.1) is 31.7 Å². The maximum absolute atomic E-state index is 14.3. The van der Waals surface area contributed by atoms with E-state index in [0.717, 1.165) is 15.9 Å². The van der Waals surface area contributed by atoms with Crippen molar-refractivity contribution in [2.45, 2.75) is 25.7 Å². The fourth-order valence-electron chi connectivity index (χ4n) is 4.52. The molecule has 44 heavy (non-hydrogen) atoms. The second-order valence-corrected chi connectivity index (χ2v) is 12.5. The van der Waals surface area contributed by atoms with Gasteiger partial charge in [-0.05, 0) is 86.3 Å². The molecular weight excluding hydrogens is 756 g/mol. The third kappa shape index (κ3) is 6.56. The molecule has 0 N–H and O–H groups in total. The number of fused-ring (bicyclic) bond motifs is 1. The number of carbonyl (C=O) groups is 1. The molecule has 14 heteroatoms. The zero-order chi connectivity index (χ0) is 31.8. The van der Waals surface area contributed by atoms with Crippen molar-refractivity contribution in [3.05, 3.63) is 128 Å². The Labute approximate surface area is 273 Å². The summed E-state index contributed by atoms with van der Waals surface area (Å²) < 4.78 is 69.8. The summed E-state index contributed by atoms with van der Waals surface area (Å²) in [7, 11) is 0. The Hall–Kier alpha value is -3.26. The summed E-state index contributed by atoms with van der Waals surface area (Å²) in [5.41, 5.74) is -1.84. The number of esters is 1. The van der Waals surface area contributed by atoms with Gasteiger partial charge in [0, 0.05) is 10.6 Å². The van der Waals surface area contributed by atoms with E-state index in [0.29, 0.717) is 30.8 Å². The molecule has 0 unspecified atom stereocenters. The second-order valence-electron chi connectivity index (χ2n) is 9.31. The summed E-state index contributed by atoms with van der Waals surface area (Å²) in [5.74, 6) is -1.27. The van der Waals surface area contributed by atoms with Gasteiger partial charge >= 0.3 is 12.1 Å². The Kier molecular flexibility index (Phi) is 9.49. The van der Waals surface area contributed by atoms with Crippen LogP contribution in [-0.2, 0) is 16.1 Å². The number of nitrogens with zero attached hydrogens (tertiary/aromatic N) is 2. The van der Waals surface area contributed by atoms with Crippen LogP contribution in [0.5, 0.6) is 5.75 Å². The van der Waals surface area contributed by atoms with Gasteiger partial charge in [0.2, 0.25) is 0 Å². The van der Waals surface area contributed by atoms with Crippen molar-refractivity contribution in [3.8, 4) is 5.75 Å². The first kappa shape index (κ1) is 32.1. The lowest BCUT2D eigenvalue weighted by atomic mass is 9.95. The Morgan fingerprint density at radius 3 is 2.39 bits per heavy atom. The zero-order valence-electron chi connectivity index (χ0n) is 22.4.